The quantitative estimate of drug-likeness (QED) is 0.642. The van der Waals surface area contributed by atoms with Gasteiger partial charge < -0.3 is 5.32 Å². The maximum Gasteiger partial charge on any atom is 0.279 e. The minimum Gasteiger partial charge on any atom is -0.314 e. The molecule has 2 rings (SSSR count). The Balaban J connectivity index is 1.70. The summed E-state index contributed by atoms with van der Waals surface area (Å²) in [4.78, 5) is 0.990. The molecular weight excluding hydrogens is 362 g/mol. The average Bonchev–Trinajstić information content (AvgIpc) is 3.13. The van der Waals surface area contributed by atoms with Crippen molar-refractivity contribution in [1.29, 1.82) is 0 Å². The Labute approximate surface area is 133 Å². The van der Waals surface area contributed by atoms with Crippen molar-refractivity contribution in [2.75, 3.05) is 20.1 Å². The molecular formula is C12H20BrN3O2S2. The van der Waals surface area contributed by atoms with Crippen molar-refractivity contribution in [3.63, 3.8) is 0 Å². The molecule has 1 fully saturated rings. The topological polar surface area (TPSA) is 61.4 Å². The minimum absolute atomic E-state index is 0.337. The molecule has 0 aliphatic heterocycles. The van der Waals surface area contributed by atoms with Crippen LogP contribution in [0.3, 0.4) is 0 Å². The van der Waals surface area contributed by atoms with E-state index in [1.54, 1.807) is 7.05 Å². The first-order chi connectivity index (χ1) is 9.47. The maximum absolute atomic E-state index is 12.0. The van der Waals surface area contributed by atoms with Crippen LogP contribution in [0, 0.1) is 0 Å². The maximum atomic E-state index is 12.0. The zero-order valence-electron chi connectivity index (χ0n) is 11.4. The van der Waals surface area contributed by atoms with Gasteiger partial charge >= 0.3 is 0 Å². The summed E-state index contributed by atoms with van der Waals surface area (Å²) < 4.78 is 29.1. The summed E-state index contributed by atoms with van der Waals surface area (Å²) in [6.45, 7) is 1.74. The molecule has 0 unspecified atom stereocenters. The van der Waals surface area contributed by atoms with Crippen molar-refractivity contribution < 1.29 is 8.42 Å². The lowest BCUT2D eigenvalue weighted by Gasteiger charge is -2.17. The predicted octanol–water partition coefficient (Wildman–Crippen LogP) is 1.92. The number of nitrogens with one attached hydrogen (secondary N) is 2. The van der Waals surface area contributed by atoms with E-state index in [-0.39, 0.29) is 0 Å². The van der Waals surface area contributed by atoms with Crippen LogP contribution >= 0.6 is 27.3 Å². The molecule has 1 aromatic rings. The van der Waals surface area contributed by atoms with Crippen LogP contribution < -0.4 is 10.0 Å². The lowest BCUT2D eigenvalue weighted by molar-refractivity contribution is 0.444. The van der Waals surface area contributed by atoms with Crippen LogP contribution in [0.2, 0.25) is 0 Å². The van der Waals surface area contributed by atoms with Crippen LogP contribution in [-0.4, -0.2) is 38.9 Å². The second kappa shape index (κ2) is 7.33. The van der Waals surface area contributed by atoms with Crippen LogP contribution in [0.4, 0.5) is 0 Å². The molecule has 5 nitrogen and oxygen atoms in total. The van der Waals surface area contributed by atoms with E-state index < -0.39 is 10.2 Å². The van der Waals surface area contributed by atoms with Crippen molar-refractivity contribution in [2.24, 2.45) is 0 Å². The molecule has 0 bridgehead atoms. The molecule has 0 saturated heterocycles. The van der Waals surface area contributed by atoms with E-state index in [0.29, 0.717) is 19.1 Å². The van der Waals surface area contributed by atoms with E-state index in [2.05, 4.69) is 26.0 Å². The molecule has 2 N–H and O–H groups in total. The van der Waals surface area contributed by atoms with E-state index in [0.717, 1.165) is 22.3 Å². The van der Waals surface area contributed by atoms with Gasteiger partial charge in [0.2, 0.25) is 0 Å². The molecule has 1 aliphatic rings. The van der Waals surface area contributed by atoms with Gasteiger partial charge in [-0.25, -0.2) is 0 Å². The Morgan fingerprint density at radius 3 is 2.85 bits per heavy atom. The largest absolute Gasteiger partial charge is 0.314 e. The van der Waals surface area contributed by atoms with E-state index in [9.17, 15) is 8.42 Å². The molecule has 114 valence electrons. The van der Waals surface area contributed by atoms with E-state index in [4.69, 9.17) is 0 Å². The van der Waals surface area contributed by atoms with E-state index >= 15 is 0 Å². The molecule has 8 heteroatoms. The van der Waals surface area contributed by atoms with Gasteiger partial charge in [0.05, 0.1) is 0 Å². The Kier molecular flexibility index (Phi) is 6.00. The van der Waals surface area contributed by atoms with Gasteiger partial charge in [-0.3, -0.25) is 0 Å². The van der Waals surface area contributed by atoms with Gasteiger partial charge in [-0.1, -0.05) is 0 Å². The summed E-state index contributed by atoms with van der Waals surface area (Å²) >= 11 is 4.89. The monoisotopic (exact) mass is 381 g/mol. The fraction of sp³-hybridized carbons (Fsp3) is 0.667. The summed E-state index contributed by atoms with van der Waals surface area (Å²) in [7, 11) is -1.77. The predicted molar refractivity (Wildman–Crippen MR) is 86.1 cm³/mol. The van der Waals surface area contributed by atoms with Crippen molar-refractivity contribution in [3.05, 3.63) is 20.8 Å². The van der Waals surface area contributed by atoms with E-state index in [1.807, 2.05) is 11.4 Å². The fourth-order valence-electron chi connectivity index (χ4n) is 1.73. The highest BCUT2D eigenvalue weighted by atomic mass is 79.9. The van der Waals surface area contributed by atoms with Gasteiger partial charge in [0.1, 0.15) is 0 Å². The van der Waals surface area contributed by atoms with Gasteiger partial charge in [-0.15, -0.1) is 11.3 Å². The van der Waals surface area contributed by atoms with Crippen LogP contribution in [0.25, 0.3) is 0 Å². The van der Waals surface area contributed by atoms with Crippen molar-refractivity contribution in [3.8, 4) is 0 Å². The summed E-state index contributed by atoms with van der Waals surface area (Å²) in [5.41, 5.74) is 0. The third kappa shape index (κ3) is 5.42. The van der Waals surface area contributed by atoms with Crippen LogP contribution in [0.15, 0.2) is 15.9 Å². The van der Waals surface area contributed by atoms with Gasteiger partial charge in [-0.05, 0) is 47.8 Å². The standard InChI is InChI=1S/C12H20BrN3O2S2/c1-16(6-2-5-14-11-3-4-11)20(17,18)15-8-12-7-10(13)9-19-12/h7,9,11,14-15H,2-6,8H2,1H3. The number of hydrogen-bond donors (Lipinski definition) is 2. The lowest BCUT2D eigenvalue weighted by atomic mass is 10.4. The van der Waals surface area contributed by atoms with Gasteiger partial charge in [-0.2, -0.15) is 17.4 Å². The van der Waals surface area contributed by atoms with Crippen LogP contribution in [0.5, 0.6) is 0 Å². The van der Waals surface area contributed by atoms with Crippen molar-refractivity contribution in [1.82, 2.24) is 14.3 Å². The number of thiophene rings is 1. The molecule has 0 aromatic carbocycles. The first-order valence-electron chi connectivity index (χ1n) is 6.64. The van der Waals surface area contributed by atoms with Crippen molar-refractivity contribution >= 4 is 37.5 Å². The number of halogens is 1. The number of rotatable bonds is 9. The molecule has 1 heterocycles. The number of nitrogens with zero attached hydrogens (tertiary/aromatic N) is 1. The van der Waals surface area contributed by atoms with Crippen molar-refractivity contribution in [2.45, 2.75) is 31.8 Å². The van der Waals surface area contributed by atoms with Gasteiger partial charge in [0.25, 0.3) is 10.2 Å². The lowest BCUT2D eigenvalue weighted by Crippen LogP contribution is -2.39. The van der Waals surface area contributed by atoms with E-state index in [1.165, 1.54) is 28.5 Å². The SMILES string of the molecule is CN(CCCNC1CC1)S(=O)(=O)NCc1cc(Br)cs1. The highest BCUT2D eigenvalue weighted by Gasteiger charge is 2.20. The first kappa shape index (κ1) is 16.4. The van der Waals surface area contributed by atoms with Gasteiger partial charge in [0, 0.05) is 40.9 Å². The summed E-state index contributed by atoms with van der Waals surface area (Å²) in [5.74, 6) is 0. The third-order valence-electron chi connectivity index (χ3n) is 3.12. The molecule has 0 atom stereocenters. The average molecular weight is 382 g/mol. The highest BCUT2D eigenvalue weighted by Crippen LogP contribution is 2.20. The van der Waals surface area contributed by atoms with Gasteiger partial charge in [0.15, 0.2) is 0 Å². The molecule has 1 aliphatic carbocycles. The Morgan fingerprint density at radius 2 is 2.25 bits per heavy atom. The smallest absolute Gasteiger partial charge is 0.279 e. The molecule has 0 spiro atoms. The summed E-state index contributed by atoms with van der Waals surface area (Å²) in [6.07, 6.45) is 3.34. The second-order valence-corrected chi connectivity index (χ2v) is 8.73. The first-order valence-corrected chi connectivity index (χ1v) is 9.76. The summed E-state index contributed by atoms with van der Waals surface area (Å²) in [6, 6.07) is 2.60. The zero-order valence-corrected chi connectivity index (χ0v) is 14.7. The molecule has 20 heavy (non-hydrogen) atoms. The second-order valence-electron chi connectivity index (χ2n) is 4.96. The van der Waals surface area contributed by atoms with Crippen LogP contribution in [-0.2, 0) is 16.8 Å². The zero-order chi connectivity index (χ0) is 14.6. The number of hydrogen-bond acceptors (Lipinski definition) is 4. The molecule has 1 aromatic heterocycles. The molecule has 0 radical (unpaired) electrons. The Bertz CT molecular complexity index is 529. The minimum atomic E-state index is -3.39. The highest BCUT2D eigenvalue weighted by molar-refractivity contribution is 9.10. The normalized spacial score (nSPS) is 15.9. The third-order valence-corrected chi connectivity index (χ3v) is 6.33. The fourth-order valence-corrected chi connectivity index (χ4v) is 4.14. The van der Waals surface area contributed by atoms with Crippen LogP contribution in [0.1, 0.15) is 24.1 Å². The molecule has 1 saturated carbocycles. The Hall–Kier alpha value is 0.01000. The summed E-state index contributed by atoms with van der Waals surface area (Å²) in [5, 5.41) is 5.32. The Morgan fingerprint density at radius 1 is 1.50 bits per heavy atom. The molecule has 0 amide bonds.